The SMILES string of the molecule is CCCC1(C)CC(C)(C)c2ccc(C)cc21. The number of rotatable bonds is 2. The molecule has 0 heterocycles. The summed E-state index contributed by atoms with van der Waals surface area (Å²) in [5.41, 5.74) is 5.35. The monoisotopic (exact) mass is 216 g/mol. The van der Waals surface area contributed by atoms with E-state index < -0.39 is 0 Å². The van der Waals surface area contributed by atoms with Gasteiger partial charge in [0, 0.05) is 0 Å². The molecule has 0 amide bonds. The minimum atomic E-state index is 0.354. The van der Waals surface area contributed by atoms with E-state index in [0.717, 1.165) is 0 Å². The van der Waals surface area contributed by atoms with Crippen LogP contribution >= 0.6 is 0 Å². The minimum absolute atomic E-state index is 0.354. The summed E-state index contributed by atoms with van der Waals surface area (Å²) in [5, 5.41) is 0. The van der Waals surface area contributed by atoms with Gasteiger partial charge in [0.05, 0.1) is 0 Å². The molecule has 1 aliphatic rings. The fourth-order valence-corrected chi connectivity index (χ4v) is 3.69. The van der Waals surface area contributed by atoms with E-state index in [-0.39, 0.29) is 0 Å². The minimum Gasteiger partial charge on any atom is -0.0654 e. The highest BCUT2D eigenvalue weighted by Crippen LogP contribution is 2.51. The first kappa shape index (κ1) is 11.7. The van der Waals surface area contributed by atoms with Crippen LogP contribution in [0.15, 0.2) is 18.2 Å². The Kier molecular flexibility index (Phi) is 2.64. The fraction of sp³-hybridized carbons (Fsp3) is 0.625. The Balaban J connectivity index is 2.55. The largest absolute Gasteiger partial charge is 0.0654 e. The van der Waals surface area contributed by atoms with Gasteiger partial charge in [-0.2, -0.15) is 0 Å². The molecule has 88 valence electrons. The van der Waals surface area contributed by atoms with E-state index in [2.05, 4.69) is 52.8 Å². The van der Waals surface area contributed by atoms with Gasteiger partial charge >= 0.3 is 0 Å². The molecule has 1 aromatic carbocycles. The standard InChI is InChI=1S/C16H24/c1-6-9-16(5)11-15(3,4)13-8-7-12(2)10-14(13)16/h7-8,10H,6,9,11H2,1-5H3. The summed E-state index contributed by atoms with van der Waals surface area (Å²) < 4.78 is 0. The van der Waals surface area contributed by atoms with Crippen molar-refractivity contribution in [3.05, 3.63) is 34.9 Å². The van der Waals surface area contributed by atoms with Crippen LogP contribution in [-0.2, 0) is 10.8 Å². The predicted octanol–water partition coefficient (Wildman–Crippen LogP) is 4.73. The molecule has 0 radical (unpaired) electrons. The lowest BCUT2D eigenvalue weighted by Gasteiger charge is -2.27. The zero-order valence-corrected chi connectivity index (χ0v) is 11.4. The molecule has 16 heavy (non-hydrogen) atoms. The van der Waals surface area contributed by atoms with Gasteiger partial charge in [0.1, 0.15) is 0 Å². The summed E-state index contributed by atoms with van der Waals surface area (Å²) in [7, 11) is 0. The number of hydrogen-bond donors (Lipinski definition) is 0. The number of hydrogen-bond acceptors (Lipinski definition) is 0. The lowest BCUT2D eigenvalue weighted by molar-refractivity contribution is 0.352. The Morgan fingerprint density at radius 1 is 1.12 bits per heavy atom. The van der Waals surface area contributed by atoms with E-state index in [9.17, 15) is 0 Å². The van der Waals surface area contributed by atoms with Gasteiger partial charge in [0.15, 0.2) is 0 Å². The first-order chi connectivity index (χ1) is 7.39. The smallest absolute Gasteiger partial charge is 0.00641 e. The highest BCUT2D eigenvalue weighted by molar-refractivity contribution is 5.46. The summed E-state index contributed by atoms with van der Waals surface area (Å²) in [5.74, 6) is 0. The van der Waals surface area contributed by atoms with Crippen molar-refractivity contribution >= 4 is 0 Å². The van der Waals surface area contributed by atoms with Crippen LogP contribution in [0, 0.1) is 6.92 Å². The maximum absolute atomic E-state index is 2.45. The normalized spacial score (nSPS) is 26.8. The first-order valence-corrected chi connectivity index (χ1v) is 6.51. The molecule has 0 spiro atoms. The Labute approximate surface area is 100 Å². The van der Waals surface area contributed by atoms with Crippen LogP contribution in [0.5, 0.6) is 0 Å². The molecule has 0 bridgehead atoms. The molecule has 0 nitrogen and oxygen atoms in total. The van der Waals surface area contributed by atoms with E-state index in [1.165, 1.54) is 24.8 Å². The second kappa shape index (κ2) is 3.61. The second-order valence-electron chi connectivity index (χ2n) is 6.42. The molecule has 2 rings (SSSR count). The van der Waals surface area contributed by atoms with Gasteiger partial charge in [0.2, 0.25) is 0 Å². The average Bonchev–Trinajstić information content (AvgIpc) is 2.34. The van der Waals surface area contributed by atoms with Crippen LogP contribution in [0.4, 0.5) is 0 Å². The molecular formula is C16H24. The van der Waals surface area contributed by atoms with E-state index in [1.54, 1.807) is 11.1 Å². The van der Waals surface area contributed by atoms with Crippen LogP contribution in [0.3, 0.4) is 0 Å². The third kappa shape index (κ3) is 1.69. The average molecular weight is 216 g/mol. The van der Waals surface area contributed by atoms with Crippen LogP contribution in [0.1, 0.15) is 63.6 Å². The van der Waals surface area contributed by atoms with Gasteiger partial charge in [-0.3, -0.25) is 0 Å². The Hall–Kier alpha value is -0.780. The summed E-state index contributed by atoms with van der Waals surface area (Å²) in [6, 6.07) is 7.03. The maximum atomic E-state index is 2.45. The first-order valence-electron chi connectivity index (χ1n) is 6.51. The zero-order chi connectivity index (χ0) is 12.0. The van der Waals surface area contributed by atoms with Gasteiger partial charge in [-0.15, -0.1) is 0 Å². The third-order valence-corrected chi connectivity index (χ3v) is 4.19. The van der Waals surface area contributed by atoms with E-state index in [4.69, 9.17) is 0 Å². The fourth-order valence-electron chi connectivity index (χ4n) is 3.69. The molecule has 0 fully saturated rings. The number of fused-ring (bicyclic) bond motifs is 1. The highest BCUT2D eigenvalue weighted by atomic mass is 14.5. The van der Waals surface area contributed by atoms with Gasteiger partial charge in [-0.25, -0.2) is 0 Å². The molecular weight excluding hydrogens is 192 g/mol. The lowest BCUT2D eigenvalue weighted by atomic mass is 9.77. The van der Waals surface area contributed by atoms with Crippen LogP contribution in [0.2, 0.25) is 0 Å². The molecule has 0 aliphatic heterocycles. The van der Waals surface area contributed by atoms with Crippen LogP contribution in [0.25, 0.3) is 0 Å². The molecule has 1 atom stereocenters. The number of benzene rings is 1. The van der Waals surface area contributed by atoms with Crippen molar-refractivity contribution in [2.75, 3.05) is 0 Å². The van der Waals surface area contributed by atoms with Gasteiger partial charge in [0.25, 0.3) is 0 Å². The molecule has 0 saturated carbocycles. The molecule has 1 aromatic rings. The van der Waals surface area contributed by atoms with E-state index in [1.807, 2.05) is 0 Å². The second-order valence-corrected chi connectivity index (χ2v) is 6.42. The van der Waals surface area contributed by atoms with Gasteiger partial charge in [-0.05, 0) is 41.7 Å². The molecule has 0 heteroatoms. The van der Waals surface area contributed by atoms with Crippen molar-refractivity contribution in [3.8, 4) is 0 Å². The lowest BCUT2D eigenvalue weighted by Crippen LogP contribution is -2.21. The van der Waals surface area contributed by atoms with Crippen molar-refractivity contribution < 1.29 is 0 Å². The summed E-state index contributed by atoms with van der Waals surface area (Å²) in [6.45, 7) is 11.7. The Morgan fingerprint density at radius 3 is 2.44 bits per heavy atom. The molecule has 1 unspecified atom stereocenters. The highest BCUT2D eigenvalue weighted by Gasteiger charge is 2.43. The predicted molar refractivity (Wildman–Crippen MR) is 71.1 cm³/mol. The summed E-state index contributed by atoms with van der Waals surface area (Å²) >= 11 is 0. The van der Waals surface area contributed by atoms with Crippen LogP contribution in [-0.4, -0.2) is 0 Å². The van der Waals surface area contributed by atoms with Crippen molar-refractivity contribution in [3.63, 3.8) is 0 Å². The van der Waals surface area contributed by atoms with Gasteiger partial charge in [-0.1, -0.05) is 57.9 Å². The van der Waals surface area contributed by atoms with E-state index >= 15 is 0 Å². The Morgan fingerprint density at radius 2 is 1.81 bits per heavy atom. The molecule has 1 aliphatic carbocycles. The maximum Gasteiger partial charge on any atom is -0.00641 e. The van der Waals surface area contributed by atoms with E-state index in [0.29, 0.717) is 10.8 Å². The molecule has 0 N–H and O–H groups in total. The van der Waals surface area contributed by atoms with Gasteiger partial charge < -0.3 is 0 Å². The molecule has 0 aromatic heterocycles. The summed E-state index contributed by atoms with van der Waals surface area (Å²) in [4.78, 5) is 0. The Bertz CT molecular complexity index is 400. The van der Waals surface area contributed by atoms with Crippen molar-refractivity contribution in [1.82, 2.24) is 0 Å². The third-order valence-electron chi connectivity index (χ3n) is 4.19. The van der Waals surface area contributed by atoms with Crippen molar-refractivity contribution in [2.24, 2.45) is 0 Å². The van der Waals surface area contributed by atoms with Crippen LogP contribution < -0.4 is 0 Å². The topological polar surface area (TPSA) is 0 Å². The molecule has 0 saturated heterocycles. The quantitative estimate of drug-likeness (QED) is 0.670. The van der Waals surface area contributed by atoms with Crippen molar-refractivity contribution in [1.29, 1.82) is 0 Å². The number of aryl methyl sites for hydroxylation is 1. The van der Waals surface area contributed by atoms with Crippen molar-refractivity contribution in [2.45, 2.75) is 64.7 Å². The zero-order valence-electron chi connectivity index (χ0n) is 11.4. The summed E-state index contributed by atoms with van der Waals surface area (Å²) in [6.07, 6.45) is 3.89.